The molecule has 1 aliphatic heterocycles. The maximum Gasteiger partial charge on any atom is 0.425 e. The molecule has 0 aromatic heterocycles. The van der Waals surface area contributed by atoms with E-state index in [1.54, 1.807) is 6.07 Å². The third-order valence-corrected chi connectivity index (χ3v) is 4.02. The third kappa shape index (κ3) is 2.80. The van der Waals surface area contributed by atoms with Crippen molar-refractivity contribution in [3.63, 3.8) is 0 Å². The number of ether oxygens (including phenoxy) is 2. The number of carbonyl (C=O) groups is 2. The molecule has 1 amide bonds. The average molecular weight is 338 g/mol. The molecule has 0 spiro atoms. The molecule has 1 aliphatic rings. The number of halogens is 1. The number of allylic oxidation sites excluding steroid dienone is 1. The van der Waals surface area contributed by atoms with Gasteiger partial charge in [-0.25, -0.2) is 19.4 Å². The van der Waals surface area contributed by atoms with Gasteiger partial charge in [0.05, 0.1) is 25.7 Å². The highest BCUT2D eigenvalue weighted by Gasteiger charge is 2.52. The van der Waals surface area contributed by atoms with Crippen molar-refractivity contribution in [2.75, 3.05) is 14.2 Å². The molecule has 2 rings (SSSR count). The summed E-state index contributed by atoms with van der Waals surface area (Å²) in [5.74, 6) is -2.38. The molecule has 0 saturated carbocycles. The molecule has 0 radical (unpaired) electrons. The van der Waals surface area contributed by atoms with E-state index in [0.29, 0.717) is 0 Å². The summed E-state index contributed by atoms with van der Waals surface area (Å²) in [7, 11) is 2.35. The maximum atomic E-state index is 14.3. The van der Waals surface area contributed by atoms with Crippen LogP contribution in [0.25, 0.3) is 0 Å². The molecule has 1 aromatic carbocycles. The first-order chi connectivity index (χ1) is 11.3. The molecule has 8 heteroatoms. The van der Waals surface area contributed by atoms with Crippen molar-refractivity contribution in [2.45, 2.75) is 25.5 Å². The molecular weight excluding hydrogens is 319 g/mol. The van der Waals surface area contributed by atoms with Gasteiger partial charge >= 0.3 is 12.1 Å². The Kier molecular flexibility index (Phi) is 4.79. The van der Waals surface area contributed by atoms with Gasteiger partial charge in [0.2, 0.25) is 0 Å². The molecule has 0 aliphatic carbocycles. The molecular formula is C16H19FN2O5. The van der Waals surface area contributed by atoms with Crippen LogP contribution in [0.1, 0.15) is 25.3 Å². The Bertz CT molecular complexity index is 701. The molecule has 1 heterocycles. The summed E-state index contributed by atoms with van der Waals surface area (Å²) in [5, 5.41) is 12.0. The predicted octanol–water partition coefficient (Wildman–Crippen LogP) is 1.65. The molecule has 2 unspecified atom stereocenters. The first-order valence-corrected chi connectivity index (χ1v) is 7.16. The van der Waals surface area contributed by atoms with E-state index in [1.165, 1.54) is 39.2 Å². The van der Waals surface area contributed by atoms with Gasteiger partial charge in [0.1, 0.15) is 5.82 Å². The number of nitrogens with one attached hydrogen (secondary N) is 1. The number of esters is 1. The number of hydrogen-bond donors (Lipinski definition) is 2. The molecule has 7 nitrogen and oxygen atoms in total. The van der Waals surface area contributed by atoms with Gasteiger partial charge in [-0.15, -0.1) is 0 Å². The summed E-state index contributed by atoms with van der Waals surface area (Å²) in [6.07, 6.45) is -0.840. The third-order valence-electron chi connectivity index (χ3n) is 4.02. The quantitative estimate of drug-likeness (QED) is 0.815. The molecule has 2 atom stereocenters. The van der Waals surface area contributed by atoms with Gasteiger partial charge in [-0.05, 0) is 19.9 Å². The van der Waals surface area contributed by atoms with Gasteiger partial charge in [0, 0.05) is 11.3 Å². The van der Waals surface area contributed by atoms with Crippen molar-refractivity contribution in [1.29, 1.82) is 0 Å². The lowest BCUT2D eigenvalue weighted by molar-refractivity contribution is -0.137. The Labute approximate surface area is 138 Å². The van der Waals surface area contributed by atoms with Crippen molar-refractivity contribution in [3.8, 4) is 0 Å². The second-order valence-electron chi connectivity index (χ2n) is 5.48. The van der Waals surface area contributed by atoms with Crippen molar-refractivity contribution >= 4 is 12.1 Å². The highest BCUT2D eigenvalue weighted by molar-refractivity contribution is 5.92. The SMILES string of the molecule is COC(=O)NN1C(C)=C(C(=O)OC)C(c2ccccc2F)C1(C)O. The fourth-order valence-corrected chi connectivity index (χ4v) is 2.94. The van der Waals surface area contributed by atoms with Crippen LogP contribution < -0.4 is 5.43 Å². The van der Waals surface area contributed by atoms with E-state index in [9.17, 15) is 19.1 Å². The lowest BCUT2D eigenvalue weighted by atomic mass is 9.85. The van der Waals surface area contributed by atoms with Gasteiger partial charge in [0.15, 0.2) is 5.72 Å². The van der Waals surface area contributed by atoms with Crippen LogP contribution in [0.4, 0.5) is 9.18 Å². The molecule has 2 N–H and O–H groups in total. The number of aliphatic hydroxyl groups is 1. The van der Waals surface area contributed by atoms with E-state index >= 15 is 0 Å². The summed E-state index contributed by atoms with van der Waals surface area (Å²) in [6, 6.07) is 5.79. The van der Waals surface area contributed by atoms with E-state index in [0.717, 1.165) is 12.1 Å². The smallest absolute Gasteiger partial charge is 0.425 e. The highest BCUT2D eigenvalue weighted by atomic mass is 19.1. The van der Waals surface area contributed by atoms with Crippen LogP contribution in [0.2, 0.25) is 0 Å². The van der Waals surface area contributed by atoms with Gasteiger partial charge in [-0.3, -0.25) is 5.01 Å². The van der Waals surface area contributed by atoms with Crippen LogP contribution in [0.3, 0.4) is 0 Å². The zero-order chi connectivity index (χ0) is 18.1. The number of hydrogen-bond acceptors (Lipinski definition) is 6. The second-order valence-corrected chi connectivity index (χ2v) is 5.48. The number of hydrazine groups is 1. The summed E-state index contributed by atoms with van der Waals surface area (Å²) in [4.78, 5) is 23.8. The first kappa shape index (κ1) is 17.7. The van der Waals surface area contributed by atoms with Crippen molar-refractivity contribution in [2.24, 2.45) is 0 Å². The van der Waals surface area contributed by atoms with Crippen LogP contribution >= 0.6 is 0 Å². The summed E-state index contributed by atoms with van der Waals surface area (Å²) < 4.78 is 23.6. The minimum absolute atomic E-state index is 0.0454. The van der Waals surface area contributed by atoms with E-state index in [2.05, 4.69) is 10.2 Å². The summed E-state index contributed by atoms with van der Waals surface area (Å²) in [5.41, 5.74) is 0.896. The van der Waals surface area contributed by atoms with E-state index in [1.807, 2.05) is 0 Å². The van der Waals surface area contributed by atoms with Crippen LogP contribution in [0.15, 0.2) is 35.5 Å². The van der Waals surface area contributed by atoms with Crippen molar-refractivity contribution in [1.82, 2.24) is 10.4 Å². The Hall–Kier alpha value is -2.61. The van der Waals surface area contributed by atoms with Crippen molar-refractivity contribution in [3.05, 3.63) is 46.9 Å². The van der Waals surface area contributed by atoms with Gasteiger partial charge in [0.25, 0.3) is 0 Å². The molecule has 130 valence electrons. The van der Waals surface area contributed by atoms with Crippen LogP contribution in [-0.4, -0.2) is 42.1 Å². The van der Waals surface area contributed by atoms with Gasteiger partial charge in [-0.1, -0.05) is 18.2 Å². The number of amides is 1. The number of methoxy groups -OCH3 is 2. The van der Waals surface area contributed by atoms with Crippen LogP contribution in [-0.2, 0) is 14.3 Å². The fraction of sp³-hybridized carbons (Fsp3) is 0.375. The largest absolute Gasteiger partial charge is 0.466 e. The molecule has 0 fully saturated rings. The topological polar surface area (TPSA) is 88.1 Å². The second kappa shape index (κ2) is 6.48. The summed E-state index contributed by atoms with van der Waals surface area (Å²) >= 11 is 0. The predicted molar refractivity (Wildman–Crippen MR) is 81.9 cm³/mol. The van der Waals surface area contributed by atoms with E-state index in [-0.39, 0.29) is 16.8 Å². The maximum absolute atomic E-state index is 14.3. The normalized spacial score (nSPS) is 23.2. The van der Waals surface area contributed by atoms with Gasteiger partial charge in [-0.2, -0.15) is 0 Å². The number of benzene rings is 1. The molecule has 24 heavy (non-hydrogen) atoms. The Morgan fingerprint density at radius 3 is 2.46 bits per heavy atom. The van der Waals surface area contributed by atoms with Gasteiger partial charge < -0.3 is 14.6 Å². The number of carbonyl (C=O) groups excluding carboxylic acids is 2. The van der Waals surface area contributed by atoms with Crippen LogP contribution in [0, 0.1) is 5.82 Å². The first-order valence-electron chi connectivity index (χ1n) is 7.16. The zero-order valence-corrected chi connectivity index (χ0v) is 13.8. The Morgan fingerprint density at radius 1 is 1.29 bits per heavy atom. The zero-order valence-electron chi connectivity index (χ0n) is 13.8. The Morgan fingerprint density at radius 2 is 1.92 bits per heavy atom. The van der Waals surface area contributed by atoms with Crippen LogP contribution in [0.5, 0.6) is 0 Å². The monoisotopic (exact) mass is 338 g/mol. The Balaban J connectivity index is 2.61. The lowest BCUT2D eigenvalue weighted by Crippen LogP contribution is -2.54. The van der Waals surface area contributed by atoms with E-state index in [4.69, 9.17) is 4.74 Å². The standard InChI is InChI=1S/C16H19FN2O5/c1-9-12(14(20)23-3)13(10-7-5-6-8-11(10)17)16(2,22)19(9)18-15(21)24-4/h5-8,13,22H,1-4H3,(H,18,21). The minimum atomic E-state index is -1.82. The average Bonchev–Trinajstić information content (AvgIpc) is 2.74. The number of nitrogens with zero attached hydrogens (tertiary/aromatic N) is 1. The van der Waals surface area contributed by atoms with Crippen molar-refractivity contribution < 1.29 is 28.6 Å². The summed E-state index contributed by atoms with van der Waals surface area (Å²) in [6.45, 7) is 2.87. The lowest BCUT2D eigenvalue weighted by Gasteiger charge is -2.36. The number of rotatable bonds is 3. The fourth-order valence-electron chi connectivity index (χ4n) is 2.94. The molecule has 1 aromatic rings. The molecule has 0 bridgehead atoms. The highest BCUT2D eigenvalue weighted by Crippen LogP contribution is 2.46. The van der Waals surface area contributed by atoms with E-state index < -0.39 is 29.5 Å². The minimum Gasteiger partial charge on any atom is -0.466 e. The molecule has 0 saturated heterocycles.